The first kappa shape index (κ1) is 18.4. The lowest BCUT2D eigenvalue weighted by Crippen LogP contribution is -2.59. The molecule has 0 aliphatic heterocycles. The molecule has 0 heterocycles. The second kappa shape index (κ2) is 7.56. The monoisotopic (exact) mass is 320 g/mol. The molecule has 1 fully saturated rings. The van der Waals surface area contributed by atoms with Crippen molar-refractivity contribution in [3.63, 3.8) is 0 Å². The minimum absolute atomic E-state index is 0.211. The fourth-order valence-electron chi connectivity index (χ4n) is 3.04. The molecule has 0 bridgehead atoms. The van der Waals surface area contributed by atoms with Crippen molar-refractivity contribution in [3.05, 3.63) is 0 Å². The maximum absolute atomic E-state index is 12.5. The minimum atomic E-state index is -3.77. The quantitative estimate of drug-likeness (QED) is 0.716. The van der Waals surface area contributed by atoms with Crippen LogP contribution in [0.5, 0.6) is 0 Å². The summed E-state index contributed by atoms with van der Waals surface area (Å²) in [6, 6.07) is 0. The molecule has 7 heteroatoms. The van der Waals surface area contributed by atoms with Gasteiger partial charge in [0.05, 0.1) is 0 Å². The van der Waals surface area contributed by atoms with Crippen LogP contribution in [0.4, 0.5) is 0 Å². The van der Waals surface area contributed by atoms with Gasteiger partial charge in [-0.05, 0) is 31.6 Å². The van der Waals surface area contributed by atoms with E-state index in [-0.39, 0.29) is 5.92 Å². The van der Waals surface area contributed by atoms with E-state index in [1.165, 1.54) is 4.31 Å². The van der Waals surface area contributed by atoms with Gasteiger partial charge in [-0.3, -0.25) is 4.79 Å². The van der Waals surface area contributed by atoms with Gasteiger partial charge in [0.15, 0.2) is 0 Å². The largest absolute Gasteiger partial charge is 0.480 e. The standard InChI is InChI=1S/C14H28N2O4S/c1-4-9-16(10-5-2)21(19,20)15-14(13(17)18)8-6-7-12(3)11-14/h12,15H,4-11H2,1-3H3,(H,17,18). The third-order valence-electron chi connectivity index (χ3n) is 4.02. The summed E-state index contributed by atoms with van der Waals surface area (Å²) in [5, 5.41) is 9.57. The molecule has 0 aromatic rings. The Morgan fingerprint density at radius 3 is 2.33 bits per heavy atom. The third kappa shape index (κ3) is 4.66. The Kier molecular flexibility index (Phi) is 6.62. The van der Waals surface area contributed by atoms with Crippen LogP contribution in [0.25, 0.3) is 0 Å². The average molecular weight is 320 g/mol. The van der Waals surface area contributed by atoms with E-state index >= 15 is 0 Å². The van der Waals surface area contributed by atoms with E-state index in [9.17, 15) is 18.3 Å². The number of hydrogen-bond acceptors (Lipinski definition) is 3. The zero-order valence-electron chi connectivity index (χ0n) is 13.3. The van der Waals surface area contributed by atoms with E-state index < -0.39 is 21.7 Å². The number of carboxylic acid groups (broad SMARTS) is 1. The molecule has 0 saturated heterocycles. The van der Waals surface area contributed by atoms with E-state index in [0.717, 1.165) is 12.8 Å². The van der Waals surface area contributed by atoms with Gasteiger partial charge < -0.3 is 5.11 Å². The number of carbonyl (C=O) groups is 1. The lowest BCUT2D eigenvalue weighted by atomic mass is 9.77. The van der Waals surface area contributed by atoms with Crippen molar-refractivity contribution < 1.29 is 18.3 Å². The normalized spacial score (nSPS) is 27.0. The molecule has 0 amide bonds. The van der Waals surface area contributed by atoms with Gasteiger partial charge in [-0.2, -0.15) is 17.4 Å². The fourth-order valence-corrected chi connectivity index (χ4v) is 4.79. The Morgan fingerprint density at radius 1 is 1.33 bits per heavy atom. The molecule has 1 aliphatic carbocycles. The summed E-state index contributed by atoms with van der Waals surface area (Å²) in [5.74, 6) is -0.853. The maximum atomic E-state index is 12.5. The van der Waals surface area contributed by atoms with Gasteiger partial charge in [0.25, 0.3) is 10.2 Å². The molecule has 0 aromatic carbocycles. The third-order valence-corrected chi connectivity index (χ3v) is 5.71. The van der Waals surface area contributed by atoms with Crippen LogP contribution in [0.1, 0.15) is 59.3 Å². The van der Waals surface area contributed by atoms with Gasteiger partial charge in [-0.15, -0.1) is 0 Å². The summed E-state index contributed by atoms with van der Waals surface area (Å²) < 4.78 is 29.0. The van der Waals surface area contributed by atoms with Crippen LogP contribution in [0.15, 0.2) is 0 Å². The van der Waals surface area contributed by atoms with Crippen molar-refractivity contribution >= 4 is 16.2 Å². The van der Waals surface area contributed by atoms with Crippen molar-refractivity contribution in [3.8, 4) is 0 Å². The van der Waals surface area contributed by atoms with Crippen molar-refractivity contribution in [2.45, 2.75) is 64.8 Å². The molecular weight excluding hydrogens is 292 g/mol. The fraction of sp³-hybridized carbons (Fsp3) is 0.929. The van der Waals surface area contributed by atoms with E-state index in [1.807, 2.05) is 20.8 Å². The number of nitrogens with zero attached hydrogens (tertiary/aromatic N) is 1. The number of carboxylic acids is 1. The summed E-state index contributed by atoms with van der Waals surface area (Å²) in [5.41, 5.74) is -1.35. The molecule has 1 rings (SSSR count). The van der Waals surface area contributed by atoms with Crippen LogP contribution >= 0.6 is 0 Å². The molecule has 2 atom stereocenters. The molecular formula is C14H28N2O4S. The first-order valence-corrected chi connectivity index (χ1v) is 9.24. The lowest BCUT2D eigenvalue weighted by molar-refractivity contribution is -0.146. The SMILES string of the molecule is CCCN(CCC)S(=O)(=O)NC1(C(=O)O)CCCC(C)C1. The molecule has 0 spiro atoms. The van der Waals surface area contributed by atoms with Crippen LogP contribution in [-0.2, 0) is 15.0 Å². The number of aliphatic carboxylic acids is 1. The van der Waals surface area contributed by atoms with E-state index in [1.54, 1.807) is 0 Å². The van der Waals surface area contributed by atoms with Crippen molar-refractivity contribution in [2.24, 2.45) is 5.92 Å². The molecule has 2 unspecified atom stereocenters. The van der Waals surface area contributed by atoms with Gasteiger partial charge >= 0.3 is 5.97 Å². The summed E-state index contributed by atoms with van der Waals surface area (Å²) in [4.78, 5) is 11.7. The Balaban J connectivity index is 2.98. The maximum Gasteiger partial charge on any atom is 0.324 e. The first-order valence-electron chi connectivity index (χ1n) is 7.80. The second-order valence-corrected chi connectivity index (χ2v) is 7.77. The van der Waals surface area contributed by atoms with Crippen molar-refractivity contribution in [1.29, 1.82) is 0 Å². The molecule has 1 aliphatic rings. The molecule has 1 saturated carbocycles. The Morgan fingerprint density at radius 2 is 1.90 bits per heavy atom. The van der Waals surface area contributed by atoms with Gasteiger partial charge in [0.1, 0.15) is 5.54 Å². The van der Waals surface area contributed by atoms with Crippen LogP contribution in [0.3, 0.4) is 0 Å². The van der Waals surface area contributed by atoms with Gasteiger partial charge in [0.2, 0.25) is 0 Å². The number of hydrogen-bond donors (Lipinski definition) is 2. The second-order valence-electron chi connectivity index (χ2n) is 6.09. The number of rotatable bonds is 8. The first-order chi connectivity index (χ1) is 9.77. The van der Waals surface area contributed by atoms with Crippen LogP contribution in [-0.4, -0.2) is 42.4 Å². The van der Waals surface area contributed by atoms with Crippen LogP contribution < -0.4 is 4.72 Å². The van der Waals surface area contributed by atoms with Crippen LogP contribution in [0, 0.1) is 5.92 Å². The molecule has 0 radical (unpaired) electrons. The summed E-state index contributed by atoms with van der Waals surface area (Å²) in [6.07, 6.45) is 3.81. The van der Waals surface area contributed by atoms with Gasteiger partial charge in [-0.25, -0.2) is 0 Å². The Bertz CT molecular complexity index is 446. The predicted molar refractivity (Wildman–Crippen MR) is 82.2 cm³/mol. The average Bonchev–Trinajstić information content (AvgIpc) is 2.37. The van der Waals surface area contributed by atoms with E-state index in [0.29, 0.717) is 38.8 Å². The molecule has 2 N–H and O–H groups in total. The summed E-state index contributed by atoms with van der Waals surface area (Å²) >= 11 is 0. The number of nitrogens with one attached hydrogen (secondary N) is 1. The van der Waals surface area contributed by atoms with Gasteiger partial charge in [0, 0.05) is 13.1 Å². The zero-order valence-corrected chi connectivity index (χ0v) is 14.1. The Labute approximate surface area is 128 Å². The predicted octanol–water partition coefficient (Wildman–Crippen LogP) is 1.98. The van der Waals surface area contributed by atoms with Crippen molar-refractivity contribution in [2.75, 3.05) is 13.1 Å². The zero-order chi connectivity index (χ0) is 16.1. The summed E-state index contributed by atoms with van der Waals surface area (Å²) in [7, 11) is -3.77. The lowest BCUT2D eigenvalue weighted by Gasteiger charge is -2.38. The highest BCUT2D eigenvalue weighted by Gasteiger charge is 2.45. The van der Waals surface area contributed by atoms with E-state index in [4.69, 9.17) is 0 Å². The van der Waals surface area contributed by atoms with E-state index in [2.05, 4.69) is 4.72 Å². The van der Waals surface area contributed by atoms with Gasteiger partial charge in [-0.1, -0.05) is 33.6 Å². The highest BCUT2D eigenvalue weighted by atomic mass is 32.2. The smallest absolute Gasteiger partial charge is 0.324 e. The van der Waals surface area contributed by atoms with Crippen LogP contribution in [0.2, 0.25) is 0 Å². The molecule has 0 aromatic heterocycles. The highest BCUT2D eigenvalue weighted by molar-refractivity contribution is 7.87. The summed E-state index contributed by atoms with van der Waals surface area (Å²) in [6.45, 7) is 6.62. The molecule has 21 heavy (non-hydrogen) atoms. The minimum Gasteiger partial charge on any atom is -0.480 e. The molecule has 124 valence electrons. The Hall–Kier alpha value is -0.660. The highest BCUT2D eigenvalue weighted by Crippen LogP contribution is 2.33. The topological polar surface area (TPSA) is 86.7 Å². The van der Waals surface area contributed by atoms with Crippen molar-refractivity contribution in [1.82, 2.24) is 9.03 Å². The molecule has 6 nitrogen and oxygen atoms in total.